The second kappa shape index (κ2) is 7.22. The van der Waals surface area contributed by atoms with Crippen molar-refractivity contribution in [1.82, 2.24) is 0 Å². The first-order valence-corrected chi connectivity index (χ1v) is 7.24. The maximum Gasteiger partial charge on any atom is 0.189 e. The summed E-state index contributed by atoms with van der Waals surface area (Å²) in [5.74, 6) is 0.495. The van der Waals surface area contributed by atoms with Gasteiger partial charge in [0, 0.05) is 6.07 Å². The van der Waals surface area contributed by atoms with E-state index in [1.165, 1.54) is 19.3 Å². The van der Waals surface area contributed by atoms with Crippen LogP contribution in [0.2, 0.25) is 0 Å². The van der Waals surface area contributed by atoms with E-state index in [0.717, 1.165) is 0 Å². The van der Waals surface area contributed by atoms with Crippen LogP contribution in [0.1, 0.15) is 15.9 Å². The monoisotopic (exact) mass is 364 g/mol. The van der Waals surface area contributed by atoms with Crippen LogP contribution in [0.5, 0.6) is 11.5 Å². The molecule has 0 amide bonds. The second-order valence-electron chi connectivity index (χ2n) is 4.44. The smallest absolute Gasteiger partial charge is 0.189 e. The molecule has 0 radical (unpaired) electrons. The van der Waals surface area contributed by atoms with Crippen molar-refractivity contribution in [3.63, 3.8) is 0 Å². The summed E-state index contributed by atoms with van der Waals surface area (Å²) in [6.07, 6.45) is 3.04. The summed E-state index contributed by atoms with van der Waals surface area (Å²) in [4.78, 5) is 12.3. The Morgan fingerprint density at radius 1 is 1.14 bits per heavy atom. The summed E-state index contributed by atoms with van der Waals surface area (Å²) in [5, 5.41) is 0. The zero-order chi connectivity index (χ0) is 16.1. The normalized spacial score (nSPS) is 10.7. The first-order valence-electron chi connectivity index (χ1n) is 6.44. The van der Waals surface area contributed by atoms with Crippen molar-refractivity contribution in [2.45, 2.75) is 0 Å². The van der Waals surface area contributed by atoms with Gasteiger partial charge >= 0.3 is 0 Å². The van der Waals surface area contributed by atoms with Crippen LogP contribution in [0.3, 0.4) is 0 Å². The lowest BCUT2D eigenvalue weighted by molar-refractivity contribution is 0.104. The van der Waals surface area contributed by atoms with Crippen LogP contribution in [0.15, 0.2) is 46.9 Å². The highest BCUT2D eigenvalue weighted by atomic mass is 79.9. The van der Waals surface area contributed by atoms with Gasteiger partial charge in [-0.25, -0.2) is 4.39 Å². The van der Waals surface area contributed by atoms with Crippen LogP contribution in [-0.4, -0.2) is 20.0 Å². The molecule has 0 spiro atoms. The van der Waals surface area contributed by atoms with Crippen LogP contribution in [0.25, 0.3) is 6.08 Å². The van der Waals surface area contributed by atoms with Gasteiger partial charge in [-0.15, -0.1) is 0 Å². The van der Waals surface area contributed by atoms with E-state index in [4.69, 9.17) is 9.47 Å². The van der Waals surface area contributed by atoms with Crippen molar-refractivity contribution in [1.29, 1.82) is 0 Å². The number of carbonyl (C=O) groups is 1. The Hall–Kier alpha value is -2.14. The van der Waals surface area contributed by atoms with Crippen molar-refractivity contribution < 1.29 is 18.7 Å². The van der Waals surface area contributed by atoms with E-state index in [2.05, 4.69) is 15.9 Å². The predicted molar refractivity (Wildman–Crippen MR) is 87.0 cm³/mol. The summed E-state index contributed by atoms with van der Waals surface area (Å²) < 4.78 is 23.8. The molecule has 0 bridgehead atoms. The number of hydrogen-bond donors (Lipinski definition) is 0. The fourth-order valence-electron chi connectivity index (χ4n) is 1.88. The predicted octanol–water partition coefficient (Wildman–Crippen LogP) is 4.50. The number of rotatable bonds is 5. The fraction of sp³-hybridized carbons (Fsp3) is 0.118. The number of halogens is 2. The third kappa shape index (κ3) is 3.74. The zero-order valence-electron chi connectivity index (χ0n) is 12.1. The van der Waals surface area contributed by atoms with Crippen molar-refractivity contribution in [2.24, 2.45) is 0 Å². The molecule has 3 nitrogen and oxygen atoms in total. The van der Waals surface area contributed by atoms with Crippen molar-refractivity contribution in [3.8, 4) is 11.5 Å². The third-order valence-electron chi connectivity index (χ3n) is 3.04. The summed E-state index contributed by atoms with van der Waals surface area (Å²) in [6, 6.07) is 9.51. The standard InChI is InChI=1S/C17H14BrFO3/c1-21-12-5-6-13(17(10-12)22-2)16(20)8-4-11-3-7-15(19)14(18)9-11/h3-10H,1-2H3. The van der Waals surface area contributed by atoms with Crippen LogP contribution in [0, 0.1) is 5.82 Å². The second-order valence-corrected chi connectivity index (χ2v) is 5.29. The highest BCUT2D eigenvalue weighted by Gasteiger charge is 2.10. The lowest BCUT2D eigenvalue weighted by atomic mass is 10.1. The first kappa shape index (κ1) is 16.2. The minimum Gasteiger partial charge on any atom is -0.497 e. The van der Waals surface area contributed by atoms with Crippen LogP contribution in [0.4, 0.5) is 4.39 Å². The molecular weight excluding hydrogens is 351 g/mol. The zero-order valence-corrected chi connectivity index (χ0v) is 13.7. The third-order valence-corrected chi connectivity index (χ3v) is 3.65. The van der Waals surface area contributed by atoms with Gasteiger partial charge in [-0.2, -0.15) is 0 Å². The molecule has 0 aliphatic rings. The number of methoxy groups -OCH3 is 2. The van der Waals surface area contributed by atoms with Gasteiger partial charge in [0.2, 0.25) is 0 Å². The Balaban J connectivity index is 2.24. The number of benzene rings is 2. The number of allylic oxidation sites excluding steroid dienone is 1. The van der Waals surface area contributed by atoms with Crippen molar-refractivity contribution >= 4 is 27.8 Å². The Bertz CT molecular complexity index is 726. The average Bonchev–Trinajstić information content (AvgIpc) is 2.54. The average molecular weight is 365 g/mol. The molecule has 0 heterocycles. The topological polar surface area (TPSA) is 35.5 Å². The minimum absolute atomic E-state index is 0.208. The molecule has 2 aromatic carbocycles. The molecule has 5 heteroatoms. The molecule has 0 atom stereocenters. The van der Waals surface area contributed by atoms with Gasteiger partial charge in [-0.1, -0.05) is 12.1 Å². The molecule has 0 saturated heterocycles. The molecule has 0 aliphatic carbocycles. The summed E-state index contributed by atoms with van der Waals surface area (Å²) >= 11 is 3.11. The summed E-state index contributed by atoms with van der Waals surface area (Å²) in [6.45, 7) is 0. The number of hydrogen-bond acceptors (Lipinski definition) is 3. The molecule has 2 aromatic rings. The maximum atomic E-state index is 13.2. The van der Waals surface area contributed by atoms with Gasteiger partial charge in [0.05, 0.1) is 24.3 Å². The van der Waals surface area contributed by atoms with E-state index < -0.39 is 0 Å². The maximum absolute atomic E-state index is 13.2. The Morgan fingerprint density at radius 3 is 2.55 bits per heavy atom. The number of ketones is 1. The van der Waals surface area contributed by atoms with Gasteiger partial charge in [-0.3, -0.25) is 4.79 Å². The van der Waals surface area contributed by atoms with Crippen LogP contribution in [-0.2, 0) is 0 Å². The van der Waals surface area contributed by atoms with E-state index in [9.17, 15) is 9.18 Å². The highest BCUT2D eigenvalue weighted by molar-refractivity contribution is 9.10. The molecule has 0 aromatic heterocycles. The van der Waals surface area contributed by atoms with Gasteiger partial charge in [-0.05, 0) is 51.8 Å². The van der Waals surface area contributed by atoms with Gasteiger partial charge in [0.15, 0.2) is 5.78 Å². The van der Waals surface area contributed by atoms with E-state index >= 15 is 0 Å². The SMILES string of the molecule is COc1ccc(C(=O)C=Cc2ccc(F)c(Br)c2)c(OC)c1. The molecule has 2 rings (SSSR count). The van der Waals surface area contributed by atoms with E-state index in [0.29, 0.717) is 27.1 Å². The van der Waals surface area contributed by atoms with Gasteiger partial charge < -0.3 is 9.47 Å². The van der Waals surface area contributed by atoms with Crippen molar-refractivity contribution in [2.75, 3.05) is 14.2 Å². The molecule has 0 saturated carbocycles. The molecule has 0 aliphatic heterocycles. The fourth-order valence-corrected chi connectivity index (χ4v) is 2.28. The van der Waals surface area contributed by atoms with Crippen molar-refractivity contribution in [3.05, 3.63) is 63.9 Å². The van der Waals surface area contributed by atoms with E-state index in [1.807, 2.05) is 0 Å². The first-order chi connectivity index (χ1) is 10.5. The molecule has 0 fully saturated rings. The summed E-state index contributed by atoms with van der Waals surface area (Å²) in [7, 11) is 3.04. The molecular formula is C17H14BrFO3. The van der Waals surface area contributed by atoms with E-state index in [-0.39, 0.29) is 11.6 Å². The van der Waals surface area contributed by atoms with E-state index in [1.54, 1.807) is 43.5 Å². The lowest BCUT2D eigenvalue weighted by Crippen LogP contribution is -1.99. The quantitative estimate of drug-likeness (QED) is 0.578. The summed E-state index contributed by atoms with van der Waals surface area (Å²) in [5.41, 5.74) is 1.15. The molecule has 114 valence electrons. The largest absolute Gasteiger partial charge is 0.497 e. The Labute approximate surface area is 136 Å². The molecule has 22 heavy (non-hydrogen) atoms. The lowest BCUT2D eigenvalue weighted by Gasteiger charge is -2.07. The molecule has 0 unspecified atom stereocenters. The highest BCUT2D eigenvalue weighted by Crippen LogP contribution is 2.25. The van der Waals surface area contributed by atoms with Gasteiger partial charge in [0.1, 0.15) is 17.3 Å². The Kier molecular flexibility index (Phi) is 5.33. The Morgan fingerprint density at radius 2 is 1.91 bits per heavy atom. The minimum atomic E-state index is -0.347. The van der Waals surface area contributed by atoms with Gasteiger partial charge in [0.25, 0.3) is 0 Å². The number of ether oxygens (including phenoxy) is 2. The van der Waals surface area contributed by atoms with Crippen LogP contribution < -0.4 is 9.47 Å². The van der Waals surface area contributed by atoms with Crippen LogP contribution >= 0.6 is 15.9 Å². The number of carbonyl (C=O) groups excluding carboxylic acids is 1. The molecule has 0 N–H and O–H groups in total.